The lowest BCUT2D eigenvalue weighted by Crippen LogP contribution is -2.30. The Morgan fingerprint density at radius 3 is 2.65 bits per heavy atom. The van der Waals surface area contributed by atoms with Crippen molar-refractivity contribution in [3.05, 3.63) is 35.4 Å². The Morgan fingerprint density at radius 2 is 2.06 bits per heavy atom. The fourth-order valence-corrected chi connectivity index (χ4v) is 2.38. The molecular formula is C13H18F2N2. The number of likely N-dealkylation sites (tertiary alicyclic amines) is 1. The SMILES string of the molecule is CC1CN(C(C)c2cc(F)ccc2F)CC1N. The van der Waals surface area contributed by atoms with Crippen molar-refractivity contribution in [1.29, 1.82) is 0 Å². The molecule has 17 heavy (non-hydrogen) atoms. The molecule has 2 N–H and O–H groups in total. The first kappa shape index (κ1) is 12.5. The molecule has 4 heteroatoms. The fourth-order valence-electron chi connectivity index (χ4n) is 2.38. The van der Waals surface area contributed by atoms with Crippen LogP contribution < -0.4 is 5.73 Å². The Hall–Kier alpha value is -1.00. The number of halogens is 2. The van der Waals surface area contributed by atoms with Gasteiger partial charge in [0.1, 0.15) is 11.6 Å². The summed E-state index contributed by atoms with van der Waals surface area (Å²) >= 11 is 0. The minimum atomic E-state index is -0.398. The lowest BCUT2D eigenvalue weighted by atomic mass is 10.1. The van der Waals surface area contributed by atoms with Gasteiger partial charge in [-0.25, -0.2) is 8.78 Å². The molecule has 2 rings (SSSR count). The second-order valence-corrected chi connectivity index (χ2v) is 4.94. The largest absolute Gasteiger partial charge is 0.326 e. The molecule has 3 unspecified atom stereocenters. The van der Waals surface area contributed by atoms with Crippen LogP contribution in [0.4, 0.5) is 8.78 Å². The van der Waals surface area contributed by atoms with Crippen LogP contribution in [0.2, 0.25) is 0 Å². The van der Waals surface area contributed by atoms with E-state index in [-0.39, 0.29) is 17.9 Å². The van der Waals surface area contributed by atoms with E-state index in [0.717, 1.165) is 19.2 Å². The zero-order valence-electron chi connectivity index (χ0n) is 10.2. The van der Waals surface area contributed by atoms with Gasteiger partial charge in [0.05, 0.1) is 0 Å². The Bertz CT molecular complexity index is 398. The van der Waals surface area contributed by atoms with Gasteiger partial charge in [-0.1, -0.05) is 6.92 Å². The summed E-state index contributed by atoms with van der Waals surface area (Å²) in [5.41, 5.74) is 6.35. The van der Waals surface area contributed by atoms with E-state index in [1.165, 1.54) is 12.1 Å². The highest BCUT2D eigenvalue weighted by Crippen LogP contribution is 2.28. The molecule has 0 aromatic heterocycles. The number of rotatable bonds is 2. The van der Waals surface area contributed by atoms with Crippen LogP contribution in [0.3, 0.4) is 0 Å². The maximum atomic E-state index is 13.6. The summed E-state index contributed by atoms with van der Waals surface area (Å²) in [4.78, 5) is 2.10. The molecule has 0 radical (unpaired) electrons. The molecule has 1 aliphatic rings. The first-order valence-electron chi connectivity index (χ1n) is 5.93. The third-order valence-electron chi connectivity index (χ3n) is 3.65. The predicted octanol–water partition coefficient (Wildman–Crippen LogP) is 2.30. The van der Waals surface area contributed by atoms with Gasteiger partial charge in [0.2, 0.25) is 0 Å². The Morgan fingerprint density at radius 1 is 1.35 bits per heavy atom. The smallest absolute Gasteiger partial charge is 0.128 e. The molecule has 3 atom stereocenters. The van der Waals surface area contributed by atoms with E-state index in [9.17, 15) is 8.78 Å². The molecule has 0 spiro atoms. The van der Waals surface area contributed by atoms with Gasteiger partial charge in [0.25, 0.3) is 0 Å². The summed E-state index contributed by atoms with van der Waals surface area (Å²) in [5, 5.41) is 0. The quantitative estimate of drug-likeness (QED) is 0.859. The monoisotopic (exact) mass is 240 g/mol. The molecule has 2 nitrogen and oxygen atoms in total. The number of benzene rings is 1. The van der Waals surface area contributed by atoms with Gasteiger partial charge in [-0.2, -0.15) is 0 Å². The van der Waals surface area contributed by atoms with Crippen molar-refractivity contribution >= 4 is 0 Å². The van der Waals surface area contributed by atoms with Crippen LogP contribution in [-0.2, 0) is 0 Å². The van der Waals surface area contributed by atoms with Gasteiger partial charge in [-0.05, 0) is 31.0 Å². The minimum absolute atomic E-state index is 0.120. The van der Waals surface area contributed by atoms with Crippen molar-refractivity contribution in [3.8, 4) is 0 Å². The highest BCUT2D eigenvalue weighted by Gasteiger charge is 2.31. The third kappa shape index (κ3) is 2.48. The summed E-state index contributed by atoms with van der Waals surface area (Å²) in [6, 6.07) is 3.58. The van der Waals surface area contributed by atoms with Crippen molar-refractivity contribution < 1.29 is 8.78 Å². The third-order valence-corrected chi connectivity index (χ3v) is 3.65. The van der Waals surface area contributed by atoms with E-state index >= 15 is 0 Å². The Labute approximate surface area is 100 Å². The molecule has 94 valence electrons. The normalized spacial score (nSPS) is 27.4. The van der Waals surface area contributed by atoms with Crippen molar-refractivity contribution in [2.45, 2.75) is 25.9 Å². The molecule has 0 amide bonds. The molecule has 1 aromatic rings. The standard InChI is InChI=1S/C13H18F2N2/c1-8-6-17(7-13(8)16)9(2)11-5-10(14)3-4-12(11)15/h3-5,8-9,13H,6-7,16H2,1-2H3. The Kier molecular flexibility index (Phi) is 3.45. The number of nitrogens with zero attached hydrogens (tertiary/aromatic N) is 1. The van der Waals surface area contributed by atoms with E-state index in [1.807, 2.05) is 6.92 Å². The molecule has 0 bridgehead atoms. The van der Waals surface area contributed by atoms with Gasteiger partial charge < -0.3 is 5.73 Å². The summed E-state index contributed by atoms with van der Waals surface area (Å²) in [6.07, 6.45) is 0. The molecule has 1 aromatic carbocycles. The summed E-state index contributed by atoms with van der Waals surface area (Å²) in [5.74, 6) is -0.356. The maximum absolute atomic E-state index is 13.6. The first-order chi connectivity index (χ1) is 7.99. The van der Waals surface area contributed by atoms with Crippen LogP contribution in [0.15, 0.2) is 18.2 Å². The van der Waals surface area contributed by atoms with Gasteiger partial charge in [0, 0.05) is 30.7 Å². The van der Waals surface area contributed by atoms with E-state index in [4.69, 9.17) is 5.73 Å². The van der Waals surface area contributed by atoms with Crippen molar-refractivity contribution in [3.63, 3.8) is 0 Å². The average molecular weight is 240 g/mol. The molecular weight excluding hydrogens is 222 g/mol. The van der Waals surface area contributed by atoms with Crippen LogP contribution in [0, 0.1) is 17.6 Å². The van der Waals surface area contributed by atoms with Crippen molar-refractivity contribution in [2.75, 3.05) is 13.1 Å². The maximum Gasteiger partial charge on any atom is 0.128 e. The first-order valence-corrected chi connectivity index (χ1v) is 5.93. The molecule has 1 aliphatic heterocycles. The minimum Gasteiger partial charge on any atom is -0.326 e. The number of hydrogen-bond donors (Lipinski definition) is 1. The summed E-state index contributed by atoms with van der Waals surface area (Å²) in [6.45, 7) is 5.54. The molecule has 1 fully saturated rings. The van der Waals surface area contributed by atoms with Crippen LogP contribution in [0.25, 0.3) is 0 Å². The summed E-state index contributed by atoms with van der Waals surface area (Å²) in [7, 11) is 0. The highest BCUT2D eigenvalue weighted by molar-refractivity contribution is 5.22. The van der Waals surface area contributed by atoms with Gasteiger partial charge in [-0.3, -0.25) is 4.90 Å². The molecule has 1 saturated heterocycles. The zero-order chi connectivity index (χ0) is 12.6. The van der Waals surface area contributed by atoms with Gasteiger partial charge in [-0.15, -0.1) is 0 Å². The van der Waals surface area contributed by atoms with Crippen LogP contribution >= 0.6 is 0 Å². The van der Waals surface area contributed by atoms with Crippen molar-refractivity contribution in [1.82, 2.24) is 4.90 Å². The van der Waals surface area contributed by atoms with E-state index in [2.05, 4.69) is 11.8 Å². The second-order valence-electron chi connectivity index (χ2n) is 4.94. The zero-order valence-corrected chi connectivity index (χ0v) is 10.2. The molecule has 0 saturated carbocycles. The second kappa shape index (κ2) is 4.70. The van der Waals surface area contributed by atoms with Crippen molar-refractivity contribution in [2.24, 2.45) is 11.7 Å². The van der Waals surface area contributed by atoms with Crippen LogP contribution in [0.5, 0.6) is 0 Å². The number of hydrogen-bond acceptors (Lipinski definition) is 2. The van der Waals surface area contributed by atoms with E-state index < -0.39 is 5.82 Å². The Balaban J connectivity index is 2.20. The lowest BCUT2D eigenvalue weighted by molar-refractivity contribution is 0.248. The summed E-state index contributed by atoms with van der Waals surface area (Å²) < 4.78 is 26.8. The fraction of sp³-hybridized carbons (Fsp3) is 0.538. The predicted molar refractivity (Wildman–Crippen MR) is 63.5 cm³/mol. The topological polar surface area (TPSA) is 29.3 Å². The van der Waals surface area contributed by atoms with E-state index in [0.29, 0.717) is 11.5 Å². The van der Waals surface area contributed by atoms with Gasteiger partial charge in [0.15, 0.2) is 0 Å². The molecule has 0 aliphatic carbocycles. The highest BCUT2D eigenvalue weighted by atomic mass is 19.1. The van der Waals surface area contributed by atoms with Crippen LogP contribution in [-0.4, -0.2) is 24.0 Å². The average Bonchev–Trinajstić information content (AvgIpc) is 2.62. The van der Waals surface area contributed by atoms with Crippen LogP contribution in [0.1, 0.15) is 25.5 Å². The molecule has 1 heterocycles. The number of nitrogens with two attached hydrogens (primary N) is 1. The van der Waals surface area contributed by atoms with E-state index in [1.54, 1.807) is 0 Å². The lowest BCUT2D eigenvalue weighted by Gasteiger charge is -2.24. The van der Waals surface area contributed by atoms with Gasteiger partial charge >= 0.3 is 0 Å².